The van der Waals surface area contributed by atoms with Crippen LogP contribution < -0.4 is 10.2 Å². The smallest absolute Gasteiger partial charge is 0.348 e. The number of hydrogen-bond donors (Lipinski definition) is 3. The maximum absolute atomic E-state index is 14.9. The molecule has 1 saturated heterocycles. The Morgan fingerprint density at radius 1 is 1.31 bits per heavy atom. The number of amides is 1. The predicted octanol–water partition coefficient (Wildman–Crippen LogP) is 3.59. The normalized spacial score (nSPS) is 18.6. The number of nitrogens with zero attached hydrogens (tertiary/aromatic N) is 4. The number of carboxylic acids is 1. The van der Waals surface area contributed by atoms with Gasteiger partial charge in [-0.1, -0.05) is 34.5 Å². The molecule has 1 aliphatic heterocycles. The Morgan fingerprint density at radius 3 is 2.62 bits per heavy atom. The third kappa shape index (κ3) is 4.27. The summed E-state index contributed by atoms with van der Waals surface area (Å²) in [6, 6.07) is 0.868. The van der Waals surface area contributed by atoms with Crippen molar-refractivity contribution in [1.82, 2.24) is 25.3 Å². The highest BCUT2D eigenvalue weighted by Crippen LogP contribution is 2.34. The third-order valence-corrected chi connectivity index (χ3v) is 7.05. The predicted molar refractivity (Wildman–Crippen MR) is 119 cm³/mol. The molecule has 1 fully saturated rings. The minimum Gasteiger partial charge on any atom is -0.477 e. The van der Waals surface area contributed by atoms with Gasteiger partial charge >= 0.3 is 5.97 Å². The Balaban J connectivity index is 1.48. The number of halogens is 3. The number of carboxylic acid groups (broad SMARTS) is 1. The molecule has 2 atom stereocenters. The van der Waals surface area contributed by atoms with Crippen molar-refractivity contribution in [2.45, 2.75) is 25.6 Å². The van der Waals surface area contributed by atoms with Crippen LogP contribution in [-0.2, 0) is 0 Å². The Bertz CT molecular complexity index is 1170. The van der Waals surface area contributed by atoms with Crippen LogP contribution in [0.15, 0.2) is 18.5 Å². The molecule has 3 N–H and O–H groups in total. The molecule has 13 heteroatoms. The van der Waals surface area contributed by atoms with Crippen molar-refractivity contribution in [2.24, 2.45) is 0 Å². The molecular weight excluding hydrogens is 482 g/mol. The molecule has 0 saturated carbocycles. The summed E-state index contributed by atoms with van der Waals surface area (Å²) in [7, 11) is 0. The maximum atomic E-state index is 14.9. The van der Waals surface area contributed by atoms with E-state index in [0.29, 0.717) is 17.4 Å². The summed E-state index contributed by atoms with van der Waals surface area (Å²) in [6.07, 6.45) is 1.86. The fourth-order valence-corrected chi connectivity index (χ4v) is 4.72. The lowest BCUT2D eigenvalue weighted by molar-refractivity contribution is 0.0702. The fourth-order valence-electron chi connectivity index (χ4n) is 3.37. The van der Waals surface area contributed by atoms with Gasteiger partial charge in [-0.25, -0.2) is 24.1 Å². The molecule has 9 nitrogen and oxygen atoms in total. The van der Waals surface area contributed by atoms with Gasteiger partial charge in [0.2, 0.25) is 0 Å². The number of aromatic nitrogens is 4. The summed E-state index contributed by atoms with van der Waals surface area (Å²) >= 11 is 13.0. The van der Waals surface area contributed by atoms with Crippen LogP contribution in [0.1, 0.15) is 32.3 Å². The number of carbonyl (C=O) groups is 2. The quantitative estimate of drug-likeness (QED) is 0.490. The van der Waals surface area contributed by atoms with Crippen molar-refractivity contribution in [1.29, 1.82) is 0 Å². The van der Waals surface area contributed by atoms with Crippen molar-refractivity contribution in [2.75, 3.05) is 18.0 Å². The first kappa shape index (κ1) is 22.4. The lowest BCUT2D eigenvalue weighted by Crippen LogP contribution is -2.52. The zero-order valence-corrected chi connectivity index (χ0v) is 18.9. The van der Waals surface area contributed by atoms with Gasteiger partial charge in [-0.2, -0.15) is 0 Å². The molecule has 3 aromatic heterocycles. The molecule has 0 aromatic carbocycles. The molecule has 32 heavy (non-hydrogen) atoms. The second kappa shape index (κ2) is 9.00. The van der Waals surface area contributed by atoms with Gasteiger partial charge in [0, 0.05) is 24.6 Å². The minimum atomic E-state index is -1.41. The average Bonchev–Trinajstić information content (AvgIpc) is 3.33. The van der Waals surface area contributed by atoms with E-state index in [-0.39, 0.29) is 45.1 Å². The SMILES string of the molecule is Cc1[nH]c(C(=O)NC2CCN(c3nc(-c4ncccn4)c(C(=O)O)s3)CC2F)c(Cl)c1Cl. The van der Waals surface area contributed by atoms with Gasteiger partial charge in [-0.3, -0.25) is 4.79 Å². The number of aromatic carboxylic acids is 1. The lowest BCUT2D eigenvalue weighted by Gasteiger charge is -2.34. The highest BCUT2D eigenvalue weighted by molar-refractivity contribution is 7.17. The van der Waals surface area contributed by atoms with E-state index in [9.17, 15) is 19.1 Å². The number of hydrogen-bond acceptors (Lipinski definition) is 7. The molecule has 0 radical (unpaired) electrons. The zero-order chi connectivity index (χ0) is 23.0. The molecule has 4 rings (SSSR count). The van der Waals surface area contributed by atoms with Crippen LogP contribution in [0.4, 0.5) is 9.52 Å². The molecular formula is C19H17Cl2FN6O3S. The molecule has 0 spiro atoms. The summed E-state index contributed by atoms with van der Waals surface area (Å²) in [4.78, 5) is 41.1. The monoisotopic (exact) mass is 498 g/mol. The molecule has 3 aromatic rings. The van der Waals surface area contributed by atoms with Gasteiger partial charge in [0.25, 0.3) is 5.91 Å². The molecule has 4 heterocycles. The highest BCUT2D eigenvalue weighted by atomic mass is 35.5. The van der Waals surface area contributed by atoms with Crippen molar-refractivity contribution < 1.29 is 19.1 Å². The molecule has 168 valence electrons. The molecule has 1 aliphatic rings. The number of piperidine rings is 1. The van der Waals surface area contributed by atoms with Crippen LogP contribution in [0.3, 0.4) is 0 Å². The van der Waals surface area contributed by atoms with Crippen LogP contribution >= 0.6 is 34.5 Å². The number of aryl methyl sites for hydroxylation is 1. The van der Waals surface area contributed by atoms with E-state index in [1.165, 1.54) is 12.4 Å². The van der Waals surface area contributed by atoms with Gasteiger partial charge < -0.3 is 20.3 Å². The molecule has 1 amide bonds. The van der Waals surface area contributed by atoms with Crippen LogP contribution in [0.2, 0.25) is 10.0 Å². The van der Waals surface area contributed by atoms with Gasteiger partial charge in [0.1, 0.15) is 22.4 Å². The van der Waals surface area contributed by atoms with Gasteiger partial charge in [-0.15, -0.1) is 0 Å². The summed E-state index contributed by atoms with van der Waals surface area (Å²) in [5, 5.41) is 12.9. The minimum absolute atomic E-state index is 0.0225. The first-order valence-corrected chi connectivity index (χ1v) is 11.1. The van der Waals surface area contributed by atoms with Crippen LogP contribution in [0.5, 0.6) is 0 Å². The molecule has 2 unspecified atom stereocenters. The average molecular weight is 499 g/mol. The van der Waals surface area contributed by atoms with Crippen molar-refractivity contribution in [3.05, 3.63) is 44.8 Å². The first-order chi connectivity index (χ1) is 15.3. The first-order valence-electron chi connectivity index (χ1n) is 9.51. The second-order valence-electron chi connectivity index (χ2n) is 7.14. The number of thiazole rings is 1. The second-order valence-corrected chi connectivity index (χ2v) is 8.87. The van der Waals surface area contributed by atoms with E-state index >= 15 is 0 Å². The number of rotatable bonds is 5. The standard InChI is InChI=1S/C19H17Cl2FN6O3S/c1-8-11(20)12(21)13(25-8)17(29)26-10-3-6-28(7-9(10)22)19-27-14(15(32-19)18(30)31)16-23-4-2-5-24-16/h2,4-5,9-10,25H,3,6-7H2,1H3,(H,26,29)(H,30,31). The number of alkyl halides is 1. The van der Waals surface area contributed by atoms with E-state index in [2.05, 4.69) is 25.3 Å². The van der Waals surface area contributed by atoms with Gasteiger partial charge in [-0.05, 0) is 19.4 Å². The topological polar surface area (TPSA) is 124 Å². The van der Waals surface area contributed by atoms with Crippen molar-refractivity contribution in [3.8, 4) is 11.5 Å². The Kier molecular flexibility index (Phi) is 6.31. The summed E-state index contributed by atoms with van der Waals surface area (Å²) in [6.45, 7) is 1.98. The van der Waals surface area contributed by atoms with E-state index in [1.54, 1.807) is 17.9 Å². The van der Waals surface area contributed by atoms with Crippen LogP contribution in [-0.4, -0.2) is 62.2 Å². The number of nitrogens with one attached hydrogen (secondary N) is 2. The van der Waals surface area contributed by atoms with E-state index in [1.807, 2.05) is 0 Å². The summed E-state index contributed by atoms with van der Waals surface area (Å²) < 4.78 is 14.9. The summed E-state index contributed by atoms with van der Waals surface area (Å²) in [5.41, 5.74) is 0.768. The van der Waals surface area contributed by atoms with Crippen LogP contribution in [0.25, 0.3) is 11.5 Å². The number of H-pyrrole nitrogens is 1. The lowest BCUT2D eigenvalue weighted by atomic mass is 10.0. The van der Waals surface area contributed by atoms with Gasteiger partial charge in [0.05, 0.1) is 22.6 Å². The summed E-state index contributed by atoms with van der Waals surface area (Å²) in [5.74, 6) is -1.52. The fraction of sp³-hybridized carbons (Fsp3) is 0.316. The number of aromatic amines is 1. The molecule has 0 bridgehead atoms. The highest BCUT2D eigenvalue weighted by Gasteiger charge is 2.34. The van der Waals surface area contributed by atoms with E-state index in [4.69, 9.17) is 23.2 Å². The largest absolute Gasteiger partial charge is 0.477 e. The van der Waals surface area contributed by atoms with Crippen LogP contribution in [0, 0.1) is 6.92 Å². The third-order valence-electron chi connectivity index (χ3n) is 5.00. The van der Waals surface area contributed by atoms with Crippen molar-refractivity contribution >= 4 is 51.5 Å². The molecule has 0 aliphatic carbocycles. The Morgan fingerprint density at radius 2 is 2.03 bits per heavy atom. The zero-order valence-electron chi connectivity index (χ0n) is 16.6. The Hall–Kier alpha value is -2.76. The number of anilines is 1. The number of carbonyl (C=O) groups excluding carboxylic acids is 1. The van der Waals surface area contributed by atoms with Crippen molar-refractivity contribution in [3.63, 3.8) is 0 Å². The Labute approximate surface area is 195 Å². The maximum Gasteiger partial charge on any atom is 0.348 e. The van der Waals surface area contributed by atoms with Gasteiger partial charge in [0.15, 0.2) is 11.0 Å². The van der Waals surface area contributed by atoms with E-state index in [0.717, 1.165) is 11.3 Å². The van der Waals surface area contributed by atoms with E-state index < -0.39 is 24.1 Å².